The SMILES string of the molecule is O=C(N[C@@H]1CCN(Cc2cscn2)C[C@H]1O)C12CC3CC(CC(C3)C1)C2. The van der Waals surface area contributed by atoms with Crippen LogP contribution in [-0.4, -0.2) is 46.1 Å². The number of aliphatic hydroxyl groups excluding tert-OH is 1. The van der Waals surface area contributed by atoms with Gasteiger partial charge in [0, 0.05) is 30.4 Å². The standard InChI is InChI=1S/C20H29N3O2S/c24-18-10-23(9-16-11-26-12-21-16)2-1-17(18)22-19(25)20-6-13-3-14(7-20)5-15(4-13)8-20/h11-15,17-18,24H,1-10H2,(H,22,25)/t13?,14?,15?,17-,18-,20?/m1/s1. The number of piperidine rings is 1. The molecule has 1 aliphatic heterocycles. The molecule has 1 aromatic rings. The Bertz CT molecular complexity index is 627. The number of aliphatic hydroxyl groups is 1. The lowest BCUT2D eigenvalue weighted by Gasteiger charge is -2.56. The zero-order valence-corrected chi connectivity index (χ0v) is 16.1. The number of rotatable bonds is 4. The molecule has 6 rings (SSSR count). The van der Waals surface area contributed by atoms with Crippen LogP contribution in [0, 0.1) is 23.2 Å². The fourth-order valence-electron chi connectivity index (χ4n) is 6.56. The Morgan fingerprint density at radius 2 is 1.96 bits per heavy atom. The van der Waals surface area contributed by atoms with Crippen LogP contribution < -0.4 is 5.32 Å². The second-order valence-corrected chi connectivity index (χ2v) is 10.1. The summed E-state index contributed by atoms with van der Waals surface area (Å²) in [6.07, 6.45) is 7.65. The molecule has 0 spiro atoms. The van der Waals surface area contributed by atoms with Crippen molar-refractivity contribution in [3.8, 4) is 0 Å². The average Bonchev–Trinajstić information content (AvgIpc) is 3.09. The second-order valence-electron chi connectivity index (χ2n) is 9.35. The number of aromatic nitrogens is 1. The monoisotopic (exact) mass is 375 g/mol. The number of β-amino-alcohol motifs (C(OH)–C–C–N with tert-alkyl or cyclic N) is 1. The lowest BCUT2D eigenvalue weighted by molar-refractivity contribution is -0.148. The fraction of sp³-hybridized carbons (Fsp3) is 0.800. The Kier molecular flexibility index (Phi) is 4.33. The van der Waals surface area contributed by atoms with Gasteiger partial charge in [-0.05, 0) is 62.7 Å². The van der Waals surface area contributed by atoms with E-state index in [9.17, 15) is 9.90 Å². The average molecular weight is 376 g/mol. The molecule has 1 aromatic heterocycles. The third kappa shape index (κ3) is 3.10. The van der Waals surface area contributed by atoms with E-state index in [2.05, 4.69) is 20.6 Å². The van der Waals surface area contributed by atoms with Gasteiger partial charge in [0.2, 0.25) is 5.91 Å². The van der Waals surface area contributed by atoms with Crippen LogP contribution in [0.4, 0.5) is 0 Å². The summed E-state index contributed by atoms with van der Waals surface area (Å²) in [5.74, 6) is 2.57. The molecule has 5 aliphatic rings. The van der Waals surface area contributed by atoms with Crippen molar-refractivity contribution in [2.45, 2.75) is 63.6 Å². The van der Waals surface area contributed by atoms with Gasteiger partial charge in [0.15, 0.2) is 0 Å². The highest BCUT2D eigenvalue weighted by Gasteiger charge is 2.55. The number of nitrogens with zero attached hydrogens (tertiary/aromatic N) is 2. The van der Waals surface area contributed by atoms with Gasteiger partial charge in [0.1, 0.15) is 0 Å². The summed E-state index contributed by atoms with van der Waals surface area (Å²) in [6.45, 7) is 2.31. The Morgan fingerprint density at radius 3 is 2.54 bits per heavy atom. The number of thiazole rings is 1. The number of likely N-dealkylation sites (tertiary alicyclic amines) is 1. The summed E-state index contributed by atoms with van der Waals surface area (Å²) in [5.41, 5.74) is 2.80. The van der Waals surface area contributed by atoms with E-state index in [-0.39, 0.29) is 17.4 Å². The van der Waals surface area contributed by atoms with Gasteiger partial charge in [-0.3, -0.25) is 9.69 Å². The summed E-state index contributed by atoms with van der Waals surface area (Å²) in [4.78, 5) is 19.8. The molecule has 2 heterocycles. The summed E-state index contributed by atoms with van der Waals surface area (Å²) >= 11 is 1.61. The van der Waals surface area contributed by atoms with Crippen molar-refractivity contribution < 1.29 is 9.90 Å². The zero-order valence-electron chi connectivity index (χ0n) is 15.3. The molecule has 0 aromatic carbocycles. The molecular formula is C20H29N3O2S. The molecule has 26 heavy (non-hydrogen) atoms. The summed E-state index contributed by atoms with van der Waals surface area (Å²) < 4.78 is 0. The van der Waals surface area contributed by atoms with Crippen LogP contribution in [0.3, 0.4) is 0 Å². The van der Waals surface area contributed by atoms with Crippen LogP contribution in [0.15, 0.2) is 10.9 Å². The van der Waals surface area contributed by atoms with E-state index in [1.54, 1.807) is 11.3 Å². The highest BCUT2D eigenvalue weighted by atomic mass is 32.1. The first kappa shape index (κ1) is 17.1. The number of nitrogens with one attached hydrogen (secondary N) is 1. The molecule has 1 saturated heterocycles. The van der Waals surface area contributed by atoms with Crippen LogP contribution in [0.5, 0.6) is 0 Å². The first-order valence-corrected chi connectivity index (χ1v) is 11.1. The molecule has 4 aliphatic carbocycles. The smallest absolute Gasteiger partial charge is 0.226 e. The van der Waals surface area contributed by atoms with Crippen molar-refractivity contribution in [3.63, 3.8) is 0 Å². The molecule has 0 unspecified atom stereocenters. The van der Waals surface area contributed by atoms with Crippen LogP contribution in [0.1, 0.15) is 50.6 Å². The van der Waals surface area contributed by atoms with Gasteiger partial charge < -0.3 is 10.4 Å². The topological polar surface area (TPSA) is 65.5 Å². The normalized spacial score (nSPS) is 42.1. The molecular weight excluding hydrogens is 346 g/mol. The first-order valence-electron chi connectivity index (χ1n) is 10.2. The summed E-state index contributed by atoms with van der Waals surface area (Å²) in [5, 5.41) is 16.0. The molecule has 0 radical (unpaired) electrons. The maximum absolute atomic E-state index is 13.2. The van der Waals surface area contributed by atoms with Gasteiger partial charge in [0.25, 0.3) is 0 Å². The van der Waals surface area contributed by atoms with Crippen molar-refractivity contribution in [1.29, 1.82) is 0 Å². The number of hydrogen-bond acceptors (Lipinski definition) is 5. The Labute approximate surface area is 159 Å². The van der Waals surface area contributed by atoms with Crippen LogP contribution in [-0.2, 0) is 11.3 Å². The minimum Gasteiger partial charge on any atom is -0.390 e. The molecule has 5 nitrogen and oxygen atoms in total. The Hall–Kier alpha value is -0.980. The predicted molar refractivity (Wildman–Crippen MR) is 101 cm³/mol. The molecule has 2 N–H and O–H groups in total. The first-order chi connectivity index (χ1) is 12.6. The largest absolute Gasteiger partial charge is 0.390 e. The Balaban J connectivity index is 1.20. The van der Waals surface area contributed by atoms with E-state index in [0.29, 0.717) is 6.54 Å². The van der Waals surface area contributed by atoms with E-state index in [0.717, 1.165) is 62.2 Å². The third-order valence-corrected chi connectivity index (χ3v) is 8.01. The molecule has 1 amide bonds. The number of carbonyl (C=O) groups excluding carboxylic acids is 1. The van der Waals surface area contributed by atoms with Gasteiger partial charge in [-0.15, -0.1) is 11.3 Å². The van der Waals surface area contributed by atoms with Gasteiger partial charge >= 0.3 is 0 Å². The summed E-state index contributed by atoms with van der Waals surface area (Å²) in [7, 11) is 0. The van der Waals surface area contributed by atoms with E-state index in [1.165, 1.54) is 19.3 Å². The predicted octanol–water partition coefficient (Wildman–Crippen LogP) is 2.41. The van der Waals surface area contributed by atoms with E-state index in [4.69, 9.17) is 0 Å². The van der Waals surface area contributed by atoms with Gasteiger partial charge in [-0.1, -0.05) is 0 Å². The van der Waals surface area contributed by atoms with Crippen molar-refractivity contribution in [2.24, 2.45) is 23.2 Å². The van der Waals surface area contributed by atoms with E-state index in [1.807, 2.05) is 5.51 Å². The van der Waals surface area contributed by atoms with Crippen LogP contribution in [0.2, 0.25) is 0 Å². The molecule has 4 bridgehead atoms. The lowest BCUT2D eigenvalue weighted by Crippen LogP contribution is -2.59. The third-order valence-electron chi connectivity index (χ3n) is 7.37. The second kappa shape index (κ2) is 6.57. The zero-order chi connectivity index (χ0) is 17.7. The molecule has 4 saturated carbocycles. The molecule has 2 atom stereocenters. The van der Waals surface area contributed by atoms with Crippen LogP contribution in [0.25, 0.3) is 0 Å². The van der Waals surface area contributed by atoms with E-state index < -0.39 is 6.10 Å². The molecule has 5 fully saturated rings. The van der Waals surface area contributed by atoms with Crippen molar-refractivity contribution in [3.05, 3.63) is 16.6 Å². The van der Waals surface area contributed by atoms with Crippen LogP contribution >= 0.6 is 11.3 Å². The minimum absolute atomic E-state index is 0.0952. The van der Waals surface area contributed by atoms with E-state index >= 15 is 0 Å². The van der Waals surface area contributed by atoms with Crippen molar-refractivity contribution in [1.82, 2.24) is 15.2 Å². The highest BCUT2D eigenvalue weighted by molar-refractivity contribution is 7.07. The highest BCUT2D eigenvalue weighted by Crippen LogP contribution is 2.60. The lowest BCUT2D eigenvalue weighted by atomic mass is 9.49. The number of hydrogen-bond donors (Lipinski definition) is 2. The van der Waals surface area contributed by atoms with Crippen molar-refractivity contribution >= 4 is 17.2 Å². The minimum atomic E-state index is -0.486. The van der Waals surface area contributed by atoms with Gasteiger partial charge in [-0.25, -0.2) is 4.98 Å². The molecule has 142 valence electrons. The number of amides is 1. The van der Waals surface area contributed by atoms with Gasteiger partial charge in [-0.2, -0.15) is 0 Å². The van der Waals surface area contributed by atoms with Gasteiger partial charge in [0.05, 0.1) is 23.4 Å². The Morgan fingerprint density at radius 1 is 1.27 bits per heavy atom. The maximum atomic E-state index is 13.2. The fourth-order valence-corrected chi connectivity index (χ4v) is 7.11. The molecule has 6 heteroatoms. The summed E-state index contributed by atoms with van der Waals surface area (Å²) in [6, 6.07) is -0.0952. The quantitative estimate of drug-likeness (QED) is 0.848. The maximum Gasteiger partial charge on any atom is 0.226 e. The number of carbonyl (C=O) groups is 1. The van der Waals surface area contributed by atoms with Crippen molar-refractivity contribution in [2.75, 3.05) is 13.1 Å².